The van der Waals surface area contributed by atoms with Crippen molar-refractivity contribution in [2.45, 2.75) is 25.3 Å². The minimum atomic E-state index is 0.322. The summed E-state index contributed by atoms with van der Waals surface area (Å²) in [6, 6.07) is 4.21. The predicted molar refractivity (Wildman–Crippen MR) is 86.1 cm³/mol. The molecule has 124 valence electrons. The molecule has 1 fully saturated rings. The van der Waals surface area contributed by atoms with Gasteiger partial charge in [0.05, 0.1) is 32.1 Å². The van der Waals surface area contributed by atoms with E-state index >= 15 is 0 Å². The van der Waals surface area contributed by atoms with Crippen molar-refractivity contribution in [1.82, 2.24) is 10.6 Å². The lowest BCUT2D eigenvalue weighted by Gasteiger charge is -2.21. The number of ether oxygens (including phenoxy) is 2. The molecule has 1 aromatic rings. The number of aliphatic imine (C=N–C) groups is 1. The summed E-state index contributed by atoms with van der Waals surface area (Å²) in [5.41, 5.74) is 0. The Morgan fingerprint density at radius 2 is 2.27 bits per heavy atom. The molecular formula is C16H27N3O3. The maximum atomic E-state index is 5.34. The topological polar surface area (TPSA) is 68.0 Å². The minimum absolute atomic E-state index is 0.322. The summed E-state index contributed by atoms with van der Waals surface area (Å²) < 4.78 is 15.7. The second-order valence-electron chi connectivity index (χ2n) is 5.52. The van der Waals surface area contributed by atoms with Gasteiger partial charge in [0.2, 0.25) is 0 Å². The quantitative estimate of drug-likeness (QED) is 0.389. The van der Waals surface area contributed by atoms with Crippen LogP contribution in [-0.4, -0.2) is 52.5 Å². The van der Waals surface area contributed by atoms with E-state index in [1.165, 1.54) is 12.8 Å². The highest BCUT2D eigenvalue weighted by Crippen LogP contribution is 2.32. The van der Waals surface area contributed by atoms with E-state index in [0.29, 0.717) is 31.7 Å². The zero-order chi connectivity index (χ0) is 15.6. The molecule has 1 aromatic heterocycles. The SMILES string of the molecule is COCCN=C(NCCc1ccco1)NC(COC)C1CC1. The third-order valence-corrected chi connectivity index (χ3v) is 3.67. The van der Waals surface area contributed by atoms with E-state index < -0.39 is 0 Å². The van der Waals surface area contributed by atoms with Crippen molar-refractivity contribution in [3.8, 4) is 0 Å². The van der Waals surface area contributed by atoms with Crippen LogP contribution >= 0.6 is 0 Å². The molecule has 2 N–H and O–H groups in total. The lowest BCUT2D eigenvalue weighted by molar-refractivity contribution is 0.165. The van der Waals surface area contributed by atoms with Gasteiger partial charge in [-0.1, -0.05) is 0 Å². The van der Waals surface area contributed by atoms with E-state index in [-0.39, 0.29) is 0 Å². The molecule has 1 heterocycles. The lowest BCUT2D eigenvalue weighted by Crippen LogP contribution is -2.47. The van der Waals surface area contributed by atoms with E-state index in [1.807, 2.05) is 12.1 Å². The van der Waals surface area contributed by atoms with Gasteiger partial charge in [-0.3, -0.25) is 4.99 Å². The monoisotopic (exact) mass is 309 g/mol. The first kappa shape index (κ1) is 16.8. The summed E-state index contributed by atoms with van der Waals surface area (Å²) in [6.07, 6.45) is 5.05. The van der Waals surface area contributed by atoms with Crippen LogP contribution in [0.3, 0.4) is 0 Å². The summed E-state index contributed by atoms with van der Waals surface area (Å²) >= 11 is 0. The molecular weight excluding hydrogens is 282 g/mol. The number of furan rings is 1. The van der Waals surface area contributed by atoms with Crippen LogP contribution in [0.1, 0.15) is 18.6 Å². The predicted octanol–water partition coefficient (Wildman–Crippen LogP) is 1.43. The molecule has 6 nitrogen and oxygen atoms in total. The van der Waals surface area contributed by atoms with Gasteiger partial charge in [0, 0.05) is 27.2 Å². The van der Waals surface area contributed by atoms with Crippen molar-refractivity contribution in [3.05, 3.63) is 24.2 Å². The lowest BCUT2D eigenvalue weighted by atomic mass is 10.2. The van der Waals surface area contributed by atoms with E-state index in [4.69, 9.17) is 13.9 Å². The fourth-order valence-corrected chi connectivity index (χ4v) is 2.31. The van der Waals surface area contributed by atoms with E-state index in [1.54, 1.807) is 20.5 Å². The Morgan fingerprint density at radius 1 is 1.41 bits per heavy atom. The maximum absolute atomic E-state index is 5.34. The van der Waals surface area contributed by atoms with Gasteiger partial charge in [-0.2, -0.15) is 0 Å². The van der Waals surface area contributed by atoms with Crippen LogP contribution < -0.4 is 10.6 Å². The Kier molecular flexibility index (Phi) is 7.25. The molecule has 0 spiro atoms. The molecule has 1 saturated carbocycles. The van der Waals surface area contributed by atoms with Gasteiger partial charge in [-0.25, -0.2) is 0 Å². The third-order valence-electron chi connectivity index (χ3n) is 3.67. The molecule has 1 unspecified atom stereocenters. The molecule has 0 aromatic carbocycles. The summed E-state index contributed by atoms with van der Waals surface area (Å²) in [5.74, 6) is 2.48. The molecule has 22 heavy (non-hydrogen) atoms. The molecule has 0 amide bonds. The number of nitrogens with one attached hydrogen (secondary N) is 2. The average Bonchev–Trinajstić information content (AvgIpc) is 3.24. The van der Waals surface area contributed by atoms with Crippen molar-refractivity contribution < 1.29 is 13.9 Å². The van der Waals surface area contributed by atoms with Crippen LogP contribution in [0.15, 0.2) is 27.8 Å². The summed E-state index contributed by atoms with van der Waals surface area (Å²) in [6.45, 7) is 2.73. The maximum Gasteiger partial charge on any atom is 0.191 e. The highest BCUT2D eigenvalue weighted by atomic mass is 16.5. The van der Waals surface area contributed by atoms with Crippen molar-refractivity contribution in [3.63, 3.8) is 0 Å². The summed E-state index contributed by atoms with van der Waals surface area (Å²) in [7, 11) is 3.42. The summed E-state index contributed by atoms with van der Waals surface area (Å²) in [4.78, 5) is 4.55. The van der Waals surface area contributed by atoms with Crippen molar-refractivity contribution in [1.29, 1.82) is 0 Å². The summed E-state index contributed by atoms with van der Waals surface area (Å²) in [5, 5.41) is 6.84. The van der Waals surface area contributed by atoms with Gasteiger partial charge in [-0.05, 0) is 30.9 Å². The van der Waals surface area contributed by atoms with Crippen LogP contribution in [0.5, 0.6) is 0 Å². The smallest absolute Gasteiger partial charge is 0.191 e. The number of hydrogen-bond donors (Lipinski definition) is 2. The van der Waals surface area contributed by atoms with Crippen LogP contribution in [-0.2, 0) is 15.9 Å². The van der Waals surface area contributed by atoms with Crippen LogP contribution in [0.4, 0.5) is 0 Å². The number of rotatable bonds is 10. The zero-order valence-corrected chi connectivity index (χ0v) is 13.5. The molecule has 0 radical (unpaired) electrons. The first-order valence-corrected chi connectivity index (χ1v) is 7.88. The number of hydrogen-bond acceptors (Lipinski definition) is 4. The van der Waals surface area contributed by atoms with Gasteiger partial charge in [0.15, 0.2) is 5.96 Å². The Bertz CT molecular complexity index is 430. The number of guanidine groups is 1. The van der Waals surface area contributed by atoms with E-state index in [0.717, 1.165) is 24.7 Å². The standard InChI is InChI=1S/C16H27N3O3/c1-20-11-9-18-16(17-8-7-14-4-3-10-22-14)19-15(12-21-2)13-5-6-13/h3-4,10,13,15H,5-9,11-12H2,1-2H3,(H2,17,18,19). The van der Waals surface area contributed by atoms with Gasteiger partial charge in [-0.15, -0.1) is 0 Å². The first-order valence-electron chi connectivity index (χ1n) is 7.88. The zero-order valence-electron chi connectivity index (χ0n) is 13.5. The van der Waals surface area contributed by atoms with E-state index in [9.17, 15) is 0 Å². The van der Waals surface area contributed by atoms with Crippen molar-refractivity contribution >= 4 is 5.96 Å². The molecule has 0 bridgehead atoms. The van der Waals surface area contributed by atoms with Crippen LogP contribution in [0.25, 0.3) is 0 Å². The first-order chi connectivity index (χ1) is 10.8. The van der Waals surface area contributed by atoms with Gasteiger partial charge in [0.1, 0.15) is 5.76 Å². The minimum Gasteiger partial charge on any atom is -0.469 e. The second kappa shape index (κ2) is 9.48. The average molecular weight is 309 g/mol. The fourth-order valence-electron chi connectivity index (χ4n) is 2.31. The van der Waals surface area contributed by atoms with Crippen molar-refractivity contribution in [2.24, 2.45) is 10.9 Å². The molecule has 6 heteroatoms. The highest BCUT2D eigenvalue weighted by molar-refractivity contribution is 5.80. The number of nitrogens with zero attached hydrogens (tertiary/aromatic N) is 1. The molecule has 1 aliphatic carbocycles. The molecule has 0 aliphatic heterocycles. The largest absolute Gasteiger partial charge is 0.469 e. The van der Waals surface area contributed by atoms with Gasteiger partial charge < -0.3 is 24.5 Å². The molecule has 2 rings (SSSR count). The van der Waals surface area contributed by atoms with Crippen LogP contribution in [0, 0.1) is 5.92 Å². The van der Waals surface area contributed by atoms with Gasteiger partial charge >= 0.3 is 0 Å². The molecule has 1 atom stereocenters. The Balaban J connectivity index is 1.82. The second-order valence-corrected chi connectivity index (χ2v) is 5.52. The Hall–Kier alpha value is -1.53. The Labute approximate surface area is 132 Å². The third kappa shape index (κ3) is 6.07. The van der Waals surface area contributed by atoms with E-state index in [2.05, 4.69) is 15.6 Å². The molecule has 1 aliphatic rings. The highest BCUT2D eigenvalue weighted by Gasteiger charge is 2.31. The normalized spacial score (nSPS) is 16.5. The fraction of sp³-hybridized carbons (Fsp3) is 0.688. The Morgan fingerprint density at radius 3 is 2.91 bits per heavy atom. The van der Waals surface area contributed by atoms with Gasteiger partial charge in [0.25, 0.3) is 0 Å². The number of methoxy groups -OCH3 is 2. The van der Waals surface area contributed by atoms with Crippen LogP contribution in [0.2, 0.25) is 0 Å². The molecule has 0 saturated heterocycles. The van der Waals surface area contributed by atoms with Crippen molar-refractivity contribution in [2.75, 3.05) is 40.5 Å².